The molecule has 0 aliphatic rings. The van der Waals surface area contributed by atoms with Gasteiger partial charge in [0.2, 0.25) is 0 Å². The number of amides is 2. The fraction of sp³-hybridized carbons (Fsp3) is 0.333. The zero-order chi connectivity index (χ0) is 13.5. The highest BCUT2D eigenvalue weighted by Crippen LogP contribution is 2.16. The van der Waals surface area contributed by atoms with Crippen LogP contribution in [0.1, 0.15) is 18.4 Å². The van der Waals surface area contributed by atoms with Gasteiger partial charge in [-0.2, -0.15) is 0 Å². The minimum Gasteiger partial charge on any atom is -0.481 e. The van der Waals surface area contributed by atoms with Crippen molar-refractivity contribution in [3.63, 3.8) is 0 Å². The largest absolute Gasteiger partial charge is 0.481 e. The van der Waals surface area contributed by atoms with Crippen LogP contribution >= 0.6 is 0 Å². The van der Waals surface area contributed by atoms with Crippen LogP contribution in [0.25, 0.3) is 0 Å². The van der Waals surface area contributed by atoms with Crippen LogP contribution in [-0.4, -0.2) is 23.7 Å². The molecule has 0 atom stereocenters. The van der Waals surface area contributed by atoms with Crippen LogP contribution in [-0.2, 0) is 4.79 Å². The van der Waals surface area contributed by atoms with Gasteiger partial charge in [-0.05, 0) is 25.0 Å². The normalized spacial score (nSPS) is 9.89. The maximum atomic E-state index is 13.5. The van der Waals surface area contributed by atoms with E-state index >= 15 is 0 Å². The molecule has 0 unspecified atom stereocenters. The average molecular weight is 254 g/mol. The molecule has 1 aromatic carbocycles. The topological polar surface area (TPSA) is 78.4 Å². The third kappa shape index (κ3) is 4.40. The molecule has 3 N–H and O–H groups in total. The van der Waals surface area contributed by atoms with Crippen molar-refractivity contribution in [2.45, 2.75) is 19.8 Å². The predicted octanol–water partition coefficient (Wildman–Crippen LogP) is 2.12. The molecule has 0 spiro atoms. The molecule has 0 saturated carbocycles. The summed E-state index contributed by atoms with van der Waals surface area (Å²) in [5.74, 6) is -1.39. The molecule has 0 aliphatic heterocycles. The van der Waals surface area contributed by atoms with E-state index in [4.69, 9.17) is 5.11 Å². The second-order valence-electron chi connectivity index (χ2n) is 3.81. The Morgan fingerprint density at radius 2 is 2.11 bits per heavy atom. The van der Waals surface area contributed by atoms with Gasteiger partial charge in [0.25, 0.3) is 0 Å². The Hall–Kier alpha value is -2.11. The van der Waals surface area contributed by atoms with Crippen molar-refractivity contribution in [2.24, 2.45) is 0 Å². The van der Waals surface area contributed by atoms with Crippen LogP contribution in [0, 0.1) is 12.7 Å². The van der Waals surface area contributed by atoms with Gasteiger partial charge in [-0.15, -0.1) is 0 Å². The van der Waals surface area contributed by atoms with E-state index in [9.17, 15) is 14.0 Å². The highest BCUT2D eigenvalue weighted by molar-refractivity contribution is 5.89. The number of urea groups is 1. The Morgan fingerprint density at radius 1 is 1.39 bits per heavy atom. The van der Waals surface area contributed by atoms with Gasteiger partial charge >= 0.3 is 12.0 Å². The first-order valence-corrected chi connectivity index (χ1v) is 5.52. The third-order valence-electron chi connectivity index (χ3n) is 2.29. The van der Waals surface area contributed by atoms with Crippen molar-refractivity contribution in [3.8, 4) is 0 Å². The lowest BCUT2D eigenvalue weighted by atomic mass is 10.2. The molecule has 0 fully saturated rings. The lowest BCUT2D eigenvalue weighted by Gasteiger charge is -2.08. The van der Waals surface area contributed by atoms with Gasteiger partial charge in [0, 0.05) is 13.0 Å². The zero-order valence-electron chi connectivity index (χ0n) is 10.00. The SMILES string of the molecule is Cc1cccc(NC(=O)NCCCC(=O)O)c1F. The molecule has 1 aromatic rings. The number of carbonyl (C=O) groups excluding carboxylic acids is 1. The summed E-state index contributed by atoms with van der Waals surface area (Å²) in [4.78, 5) is 21.6. The molecule has 0 aliphatic carbocycles. The summed E-state index contributed by atoms with van der Waals surface area (Å²) in [6.07, 6.45) is 0.318. The number of hydrogen-bond donors (Lipinski definition) is 3. The fourth-order valence-corrected chi connectivity index (χ4v) is 1.35. The van der Waals surface area contributed by atoms with Crippen LogP contribution in [0.2, 0.25) is 0 Å². The summed E-state index contributed by atoms with van der Waals surface area (Å²) in [6, 6.07) is 4.15. The maximum absolute atomic E-state index is 13.5. The second-order valence-corrected chi connectivity index (χ2v) is 3.81. The highest BCUT2D eigenvalue weighted by Gasteiger charge is 2.07. The first kappa shape index (κ1) is 14.0. The van der Waals surface area contributed by atoms with E-state index in [-0.39, 0.29) is 18.7 Å². The van der Waals surface area contributed by atoms with Crippen molar-refractivity contribution in [1.29, 1.82) is 0 Å². The molecule has 1 rings (SSSR count). The third-order valence-corrected chi connectivity index (χ3v) is 2.29. The van der Waals surface area contributed by atoms with Crippen molar-refractivity contribution in [3.05, 3.63) is 29.6 Å². The van der Waals surface area contributed by atoms with Crippen LogP contribution in [0.5, 0.6) is 0 Å². The number of carbonyl (C=O) groups is 2. The quantitative estimate of drug-likeness (QED) is 0.704. The first-order chi connectivity index (χ1) is 8.50. The molecule has 0 heterocycles. The number of hydrogen-bond acceptors (Lipinski definition) is 2. The van der Waals surface area contributed by atoms with Gasteiger partial charge in [-0.1, -0.05) is 12.1 Å². The van der Waals surface area contributed by atoms with E-state index < -0.39 is 17.8 Å². The summed E-state index contributed by atoms with van der Waals surface area (Å²) >= 11 is 0. The Balaban J connectivity index is 2.40. The monoisotopic (exact) mass is 254 g/mol. The van der Waals surface area contributed by atoms with Crippen LogP contribution < -0.4 is 10.6 Å². The number of benzene rings is 1. The standard InChI is InChI=1S/C12H15FN2O3/c1-8-4-2-5-9(11(8)13)15-12(18)14-7-3-6-10(16)17/h2,4-5H,3,6-7H2,1H3,(H,16,17)(H2,14,15,18). The van der Waals surface area contributed by atoms with E-state index in [1.54, 1.807) is 19.1 Å². The van der Waals surface area contributed by atoms with Crippen molar-refractivity contribution < 1.29 is 19.1 Å². The lowest BCUT2D eigenvalue weighted by molar-refractivity contribution is -0.137. The average Bonchev–Trinajstić information content (AvgIpc) is 2.30. The first-order valence-electron chi connectivity index (χ1n) is 5.52. The number of halogens is 1. The lowest BCUT2D eigenvalue weighted by Crippen LogP contribution is -2.30. The maximum Gasteiger partial charge on any atom is 0.319 e. The van der Waals surface area contributed by atoms with E-state index in [0.717, 1.165) is 0 Å². The number of carboxylic acids is 1. The molecule has 6 heteroatoms. The molecule has 0 aromatic heterocycles. The van der Waals surface area contributed by atoms with Gasteiger partial charge in [-0.3, -0.25) is 4.79 Å². The molecule has 98 valence electrons. The number of nitrogens with one attached hydrogen (secondary N) is 2. The van der Waals surface area contributed by atoms with Crippen molar-refractivity contribution in [2.75, 3.05) is 11.9 Å². The van der Waals surface area contributed by atoms with Gasteiger partial charge < -0.3 is 15.7 Å². The van der Waals surface area contributed by atoms with E-state index in [1.807, 2.05) is 0 Å². The van der Waals surface area contributed by atoms with E-state index in [2.05, 4.69) is 10.6 Å². The Morgan fingerprint density at radius 3 is 2.78 bits per heavy atom. The molecular weight excluding hydrogens is 239 g/mol. The summed E-state index contributed by atoms with van der Waals surface area (Å²) in [6.45, 7) is 1.83. The van der Waals surface area contributed by atoms with Gasteiger partial charge in [0.1, 0.15) is 5.82 Å². The minimum absolute atomic E-state index is 0.0148. The Kier molecular flexibility index (Phi) is 5.10. The number of carboxylic acid groups (broad SMARTS) is 1. The van der Waals surface area contributed by atoms with E-state index in [1.165, 1.54) is 6.07 Å². The molecule has 0 radical (unpaired) electrons. The number of rotatable bonds is 5. The molecular formula is C12H15FN2O3. The Bertz CT molecular complexity index is 449. The highest BCUT2D eigenvalue weighted by atomic mass is 19.1. The van der Waals surface area contributed by atoms with Crippen LogP contribution in [0.15, 0.2) is 18.2 Å². The summed E-state index contributed by atoms with van der Waals surface area (Å²) in [5, 5.41) is 13.2. The molecule has 0 bridgehead atoms. The second kappa shape index (κ2) is 6.58. The predicted molar refractivity (Wildman–Crippen MR) is 65.0 cm³/mol. The van der Waals surface area contributed by atoms with E-state index in [0.29, 0.717) is 12.0 Å². The zero-order valence-corrected chi connectivity index (χ0v) is 10.00. The van der Waals surface area contributed by atoms with Crippen LogP contribution in [0.3, 0.4) is 0 Å². The summed E-state index contributed by atoms with van der Waals surface area (Å²) < 4.78 is 13.5. The molecule has 5 nitrogen and oxygen atoms in total. The Labute approximate surface area is 104 Å². The van der Waals surface area contributed by atoms with Gasteiger partial charge in [0.05, 0.1) is 5.69 Å². The fourth-order valence-electron chi connectivity index (χ4n) is 1.35. The number of anilines is 1. The smallest absolute Gasteiger partial charge is 0.319 e. The molecule has 0 saturated heterocycles. The van der Waals surface area contributed by atoms with Gasteiger partial charge in [-0.25, -0.2) is 9.18 Å². The molecule has 2 amide bonds. The summed E-state index contributed by atoms with van der Waals surface area (Å²) in [5.41, 5.74) is 0.546. The van der Waals surface area contributed by atoms with Crippen molar-refractivity contribution >= 4 is 17.7 Å². The number of aryl methyl sites for hydroxylation is 1. The molecule has 18 heavy (non-hydrogen) atoms. The van der Waals surface area contributed by atoms with Crippen molar-refractivity contribution in [1.82, 2.24) is 5.32 Å². The number of aliphatic carboxylic acids is 1. The van der Waals surface area contributed by atoms with Crippen LogP contribution in [0.4, 0.5) is 14.9 Å². The summed E-state index contributed by atoms with van der Waals surface area (Å²) in [7, 11) is 0. The van der Waals surface area contributed by atoms with Gasteiger partial charge in [0.15, 0.2) is 0 Å². The minimum atomic E-state index is -0.915.